The summed E-state index contributed by atoms with van der Waals surface area (Å²) in [4.78, 5) is 24.7. The van der Waals surface area contributed by atoms with Crippen LogP contribution in [0.15, 0.2) is 18.2 Å². The van der Waals surface area contributed by atoms with E-state index in [1.165, 1.54) is 18.2 Å². The summed E-state index contributed by atoms with van der Waals surface area (Å²) in [6.07, 6.45) is -11.9. The number of rotatable bonds is 12. The first-order valence-corrected chi connectivity index (χ1v) is 13.2. The summed E-state index contributed by atoms with van der Waals surface area (Å²) in [7, 11) is 1.63. The Hall–Kier alpha value is -2.64. The zero-order chi connectivity index (χ0) is 30.3. The van der Waals surface area contributed by atoms with E-state index in [-0.39, 0.29) is 49.7 Å². The average Bonchev–Trinajstić information content (AvgIpc) is 2.95. The Labute approximate surface area is 235 Å². The van der Waals surface area contributed by atoms with Gasteiger partial charge < -0.3 is 70.5 Å². The number of likely N-dealkylation sites (N-methyl/N-ethyl adjacent to an activating group) is 1. The normalized spacial score (nSPS) is 33.7. The van der Waals surface area contributed by atoms with Crippen molar-refractivity contribution in [2.24, 2.45) is 5.92 Å². The van der Waals surface area contributed by atoms with E-state index in [0.717, 1.165) is 0 Å². The van der Waals surface area contributed by atoms with Crippen LogP contribution in [0.2, 0.25) is 0 Å². The maximum Gasteiger partial charge on any atom is 0.341 e. The summed E-state index contributed by atoms with van der Waals surface area (Å²) in [5.74, 6) is -2.90. The first-order chi connectivity index (χ1) is 19.5. The SMILES string of the molecule is C[NH2+]C1[C@H](O)OC(CO)[C@H](O)[C@H]1CO[C@@H]1OC(C(=O)OCCCCOC(=O)c2cc(N)ccc2O)[C@@H](O)[C@@H](O)C1O. The molecule has 16 heteroatoms. The lowest BCUT2D eigenvalue weighted by atomic mass is 9.88. The Morgan fingerprint density at radius 2 is 1.66 bits per heavy atom. The van der Waals surface area contributed by atoms with Gasteiger partial charge in [-0.1, -0.05) is 0 Å². The zero-order valence-electron chi connectivity index (χ0n) is 22.4. The Balaban J connectivity index is 1.47. The van der Waals surface area contributed by atoms with Gasteiger partial charge in [-0.05, 0) is 31.0 Å². The number of aromatic hydroxyl groups is 1. The molecule has 41 heavy (non-hydrogen) atoms. The minimum absolute atomic E-state index is 0.0475. The molecule has 0 bridgehead atoms. The van der Waals surface area contributed by atoms with Crippen LogP contribution in [-0.4, -0.2) is 136 Å². The molecule has 0 radical (unpaired) electrons. The summed E-state index contributed by atoms with van der Waals surface area (Å²) in [5.41, 5.74) is 5.79. The molecular weight excluding hydrogens is 552 g/mol. The van der Waals surface area contributed by atoms with Gasteiger partial charge in [0.1, 0.15) is 41.8 Å². The largest absolute Gasteiger partial charge is 0.507 e. The zero-order valence-corrected chi connectivity index (χ0v) is 22.4. The number of hydrogen-bond acceptors (Lipinski definition) is 15. The smallest absolute Gasteiger partial charge is 0.341 e. The number of phenolic OH excluding ortho intramolecular Hbond substituents is 1. The summed E-state index contributed by atoms with van der Waals surface area (Å²) < 4.78 is 26.3. The second kappa shape index (κ2) is 15.0. The molecule has 232 valence electrons. The van der Waals surface area contributed by atoms with Gasteiger partial charge in [0, 0.05) is 5.69 Å². The number of ether oxygens (including phenoxy) is 5. The number of aliphatic hydroxyl groups excluding tert-OH is 6. The van der Waals surface area contributed by atoms with Gasteiger partial charge in [-0.25, -0.2) is 9.59 Å². The van der Waals surface area contributed by atoms with Crippen molar-refractivity contribution in [2.75, 3.05) is 39.2 Å². The molecule has 0 spiro atoms. The van der Waals surface area contributed by atoms with Crippen LogP contribution in [-0.2, 0) is 28.5 Å². The molecule has 1 aromatic rings. The number of benzene rings is 1. The number of phenols is 1. The van der Waals surface area contributed by atoms with Crippen molar-refractivity contribution in [2.45, 2.75) is 68.1 Å². The lowest BCUT2D eigenvalue weighted by Crippen LogP contribution is -2.93. The standard InChI is InChI=1S/C25H38N2O14/c1-27-16-13(17(30)15(9-28)40-23(16)35)10-39-25-20(33)18(31)19(32)21(41-25)24(36)38-7-3-2-6-37-22(34)12-8-11(26)4-5-14(12)29/h4-5,8,13,15-21,23,25,27-33,35H,2-3,6-7,9-10,26H2,1H3/p+1/t13-,15?,16?,17+,18+,19-,20?,21?,23+,25+/m0/s1. The van der Waals surface area contributed by atoms with Crippen molar-refractivity contribution in [1.82, 2.24) is 0 Å². The summed E-state index contributed by atoms with van der Waals surface area (Å²) in [6, 6.07) is 3.26. The molecule has 10 atom stereocenters. The van der Waals surface area contributed by atoms with Crippen LogP contribution in [0.1, 0.15) is 23.2 Å². The lowest BCUT2D eigenvalue weighted by Gasteiger charge is -2.42. The molecule has 2 aliphatic rings. The van der Waals surface area contributed by atoms with E-state index in [0.29, 0.717) is 0 Å². The van der Waals surface area contributed by atoms with E-state index in [9.17, 15) is 45.3 Å². The molecule has 4 unspecified atom stereocenters. The highest BCUT2D eigenvalue weighted by molar-refractivity contribution is 5.93. The third-order valence-corrected chi connectivity index (χ3v) is 7.03. The summed E-state index contributed by atoms with van der Waals surface area (Å²) in [6.45, 7) is -1.10. The van der Waals surface area contributed by atoms with Crippen molar-refractivity contribution in [3.63, 3.8) is 0 Å². The number of quaternary nitrogens is 1. The van der Waals surface area contributed by atoms with E-state index in [2.05, 4.69) is 0 Å². The van der Waals surface area contributed by atoms with Crippen LogP contribution in [0.25, 0.3) is 0 Å². The number of carbonyl (C=O) groups is 2. The molecule has 1 aromatic carbocycles. The van der Waals surface area contributed by atoms with E-state index < -0.39 is 79.7 Å². The number of unbranched alkanes of at least 4 members (excludes halogenated alkanes) is 1. The predicted octanol–water partition coefficient (Wildman–Crippen LogP) is -4.47. The highest BCUT2D eigenvalue weighted by Crippen LogP contribution is 2.27. The van der Waals surface area contributed by atoms with Gasteiger partial charge in [-0.15, -0.1) is 0 Å². The summed E-state index contributed by atoms with van der Waals surface area (Å²) in [5, 5.41) is 72.4. The molecular formula is C25H39N2O14+. The number of hydrogen-bond donors (Lipinski definition) is 9. The van der Waals surface area contributed by atoms with E-state index >= 15 is 0 Å². The van der Waals surface area contributed by atoms with Crippen LogP contribution in [0.4, 0.5) is 5.69 Å². The Morgan fingerprint density at radius 1 is 0.976 bits per heavy atom. The molecule has 11 N–H and O–H groups in total. The average molecular weight is 592 g/mol. The Kier molecular flexibility index (Phi) is 12.0. The maximum atomic E-state index is 12.6. The second-order valence-corrected chi connectivity index (χ2v) is 9.83. The van der Waals surface area contributed by atoms with Gasteiger partial charge in [-0.3, -0.25) is 0 Å². The molecule has 0 saturated carbocycles. The van der Waals surface area contributed by atoms with Gasteiger partial charge in [0.2, 0.25) is 6.29 Å². The highest BCUT2D eigenvalue weighted by Gasteiger charge is 2.50. The summed E-state index contributed by atoms with van der Waals surface area (Å²) >= 11 is 0. The number of aliphatic hydroxyl groups is 6. The van der Waals surface area contributed by atoms with Crippen molar-refractivity contribution in [3.8, 4) is 5.75 Å². The van der Waals surface area contributed by atoms with Crippen molar-refractivity contribution < 1.29 is 74.3 Å². The van der Waals surface area contributed by atoms with E-state index in [1.54, 1.807) is 12.4 Å². The fraction of sp³-hybridized carbons (Fsp3) is 0.680. The number of esters is 2. The monoisotopic (exact) mass is 591 g/mol. The molecule has 0 aromatic heterocycles. The minimum Gasteiger partial charge on any atom is -0.507 e. The molecule has 3 rings (SSSR count). The molecule has 16 nitrogen and oxygen atoms in total. The van der Waals surface area contributed by atoms with Crippen LogP contribution in [0.5, 0.6) is 5.75 Å². The predicted molar refractivity (Wildman–Crippen MR) is 135 cm³/mol. The van der Waals surface area contributed by atoms with Gasteiger partial charge in [0.05, 0.1) is 45.5 Å². The van der Waals surface area contributed by atoms with Crippen molar-refractivity contribution >= 4 is 17.6 Å². The Bertz CT molecular complexity index is 1010. The van der Waals surface area contributed by atoms with Gasteiger partial charge in [0.25, 0.3) is 0 Å². The maximum absolute atomic E-state index is 12.6. The Morgan fingerprint density at radius 3 is 2.32 bits per heavy atom. The van der Waals surface area contributed by atoms with Crippen LogP contribution < -0.4 is 11.1 Å². The molecule has 2 heterocycles. The number of nitrogens with two attached hydrogens (primary N) is 2. The molecule has 0 amide bonds. The van der Waals surface area contributed by atoms with E-state index in [1.807, 2.05) is 0 Å². The second-order valence-electron chi connectivity index (χ2n) is 9.83. The first-order valence-electron chi connectivity index (χ1n) is 13.2. The lowest BCUT2D eigenvalue weighted by molar-refractivity contribution is -0.694. The number of anilines is 1. The topological polar surface area (TPSA) is 265 Å². The van der Waals surface area contributed by atoms with Crippen molar-refractivity contribution in [3.05, 3.63) is 23.8 Å². The van der Waals surface area contributed by atoms with Crippen molar-refractivity contribution in [1.29, 1.82) is 0 Å². The van der Waals surface area contributed by atoms with E-state index in [4.69, 9.17) is 29.4 Å². The molecule has 0 aliphatic carbocycles. The first kappa shape index (κ1) is 32.9. The van der Waals surface area contributed by atoms with Crippen LogP contribution >= 0.6 is 0 Å². The number of carbonyl (C=O) groups excluding carboxylic acids is 2. The fourth-order valence-electron chi connectivity index (χ4n) is 4.64. The van der Waals surface area contributed by atoms with Gasteiger partial charge >= 0.3 is 11.9 Å². The molecule has 2 fully saturated rings. The van der Waals surface area contributed by atoms with Crippen LogP contribution in [0.3, 0.4) is 0 Å². The number of nitrogen functional groups attached to an aromatic ring is 1. The molecule has 2 saturated heterocycles. The van der Waals surface area contributed by atoms with Gasteiger partial charge in [-0.2, -0.15) is 0 Å². The highest BCUT2D eigenvalue weighted by atomic mass is 16.7. The fourth-order valence-corrected chi connectivity index (χ4v) is 4.64. The molecule has 2 aliphatic heterocycles. The van der Waals surface area contributed by atoms with Gasteiger partial charge in [0.15, 0.2) is 12.4 Å². The third-order valence-electron chi connectivity index (χ3n) is 7.03. The third kappa shape index (κ3) is 8.01. The minimum atomic E-state index is -1.84. The quantitative estimate of drug-likeness (QED) is 0.0480. The van der Waals surface area contributed by atoms with Crippen LogP contribution in [0, 0.1) is 5.92 Å².